The third kappa shape index (κ3) is 2.92. The topological polar surface area (TPSA) is 46.2 Å². The molecule has 0 spiro atoms. The van der Waals surface area contributed by atoms with Gasteiger partial charge in [0, 0.05) is 10.9 Å². The van der Waals surface area contributed by atoms with Gasteiger partial charge in [-0.1, -0.05) is 6.42 Å². The Hall–Kier alpha value is 0.0900. The quantitative estimate of drug-likeness (QED) is 0.916. The minimum absolute atomic E-state index is 0.0341. The molecule has 1 aliphatic rings. The minimum atomic E-state index is -3.36. The van der Waals surface area contributed by atoms with Crippen LogP contribution >= 0.6 is 27.3 Å². The molecule has 0 saturated heterocycles. The lowest BCUT2D eigenvalue weighted by molar-refractivity contribution is 0.260. The highest BCUT2D eigenvalue weighted by Gasteiger charge is 2.29. The molecule has 1 aliphatic carbocycles. The van der Waals surface area contributed by atoms with Crippen LogP contribution in [0, 0.1) is 12.8 Å². The molecule has 6 heteroatoms. The van der Waals surface area contributed by atoms with Gasteiger partial charge < -0.3 is 0 Å². The molecule has 0 aliphatic heterocycles. The van der Waals surface area contributed by atoms with Gasteiger partial charge in [0.25, 0.3) is 0 Å². The van der Waals surface area contributed by atoms with Crippen molar-refractivity contribution in [3.63, 3.8) is 0 Å². The Morgan fingerprint density at radius 2 is 2.18 bits per heavy atom. The van der Waals surface area contributed by atoms with Gasteiger partial charge in [-0.2, -0.15) is 0 Å². The number of nitrogens with one attached hydrogen (secondary N) is 1. The predicted molar refractivity (Wildman–Crippen MR) is 73.9 cm³/mol. The Morgan fingerprint density at radius 3 is 2.59 bits per heavy atom. The molecule has 1 saturated carbocycles. The van der Waals surface area contributed by atoms with Gasteiger partial charge in [-0.25, -0.2) is 13.1 Å². The van der Waals surface area contributed by atoms with E-state index in [0.29, 0.717) is 10.8 Å². The molecule has 1 N–H and O–H groups in total. The van der Waals surface area contributed by atoms with Gasteiger partial charge in [-0.15, -0.1) is 11.3 Å². The van der Waals surface area contributed by atoms with E-state index in [1.807, 2.05) is 13.8 Å². The standard InChI is InChI=1S/C11H16BrNO2S2/c1-7(9-4-3-5-9)13-17(14,15)10-6-11(12)16-8(10)2/h6-7,9,13H,3-5H2,1-2H3. The van der Waals surface area contributed by atoms with E-state index in [0.717, 1.165) is 21.5 Å². The van der Waals surface area contributed by atoms with Gasteiger partial charge in [0.15, 0.2) is 0 Å². The molecule has 1 aromatic rings. The van der Waals surface area contributed by atoms with Crippen molar-refractivity contribution in [2.75, 3.05) is 0 Å². The van der Waals surface area contributed by atoms with Gasteiger partial charge in [-0.05, 0) is 54.6 Å². The summed E-state index contributed by atoms with van der Waals surface area (Å²) in [5, 5.41) is 0. The van der Waals surface area contributed by atoms with Crippen LogP contribution in [0.2, 0.25) is 0 Å². The average molecular weight is 338 g/mol. The first-order valence-corrected chi connectivity index (χ1v) is 8.77. The minimum Gasteiger partial charge on any atom is -0.208 e. The van der Waals surface area contributed by atoms with Crippen molar-refractivity contribution in [2.45, 2.75) is 44.0 Å². The van der Waals surface area contributed by atoms with E-state index in [-0.39, 0.29) is 6.04 Å². The van der Waals surface area contributed by atoms with Crippen LogP contribution in [0.25, 0.3) is 0 Å². The Morgan fingerprint density at radius 1 is 1.53 bits per heavy atom. The zero-order valence-electron chi connectivity index (χ0n) is 9.86. The molecule has 3 nitrogen and oxygen atoms in total. The molecule has 1 aromatic heterocycles. The number of sulfonamides is 1. The van der Waals surface area contributed by atoms with Gasteiger partial charge in [0.1, 0.15) is 0 Å². The molecule has 96 valence electrons. The molecular weight excluding hydrogens is 322 g/mol. The van der Waals surface area contributed by atoms with E-state index < -0.39 is 10.0 Å². The highest BCUT2D eigenvalue weighted by Crippen LogP contribution is 2.32. The van der Waals surface area contributed by atoms with Crippen molar-refractivity contribution in [3.05, 3.63) is 14.7 Å². The van der Waals surface area contributed by atoms with Gasteiger partial charge in [0.05, 0.1) is 8.68 Å². The van der Waals surface area contributed by atoms with Crippen LogP contribution in [0.3, 0.4) is 0 Å². The van der Waals surface area contributed by atoms with Crippen molar-refractivity contribution in [1.29, 1.82) is 0 Å². The largest absolute Gasteiger partial charge is 0.241 e. The Balaban J connectivity index is 2.15. The summed E-state index contributed by atoms with van der Waals surface area (Å²) in [7, 11) is -3.36. The van der Waals surface area contributed by atoms with Crippen LogP contribution in [0.4, 0.5) is 0 Å². The summed E-state index contributed by atoms with van der Waals surface area (Å²) in [5.74, 6) is 0.507. The summed E-state index contributed by atoms with van der Waals surface area (Å²) >= 11 is 4.77. The third-order valence-corrected chi connectivity index (χ3v) is 6.70. The molecule has 1 heterocycles. The molecule has 0 amide bonds. The van der Waals surface area contributed by atoms with Crippen molar-refractivity contribution in [2.24, 2.45) is 5.92 Å². The number of thiophene rings is 1. The van der Waals surface area contributed by atoms with Gasteiger partial charge in [-0.3, -0.25) is 0 Å². The zero-order chi connectivity index (χ0) is 12.6. The Bertz CT molecular complexity index is 506. The van der Waals surface area contributed by atoms with Gasteiger partial charge in [0.2, 0.25) is 10.0 Å². The maximum Gasteiger partial charge on any atom is 0.241 e. The van der Waals surface area contributed by atoms with Crippen LogP contribution in [0.1, 0.15) is 31.1 Å². The summed E-state index contributed by atoms with van der Waals surface area (Å²) < 4.78 is 28.0. The number of rotatable bonds is 4. The molecule has 0 radical (unpaired) electrons. The average Bonchev–Trinajstić information content (AvgIpc) is 2.41. The smallest absolute Gasteiger partial charge is 0.208 e. The van der Waals surface area contributed by atoms with Crippen molar-refractivity contribution in [1.82, 2.24) is 4.72 Å². The van der Waals surface area contributed by atoms with E-state index in [4.69, 9.17) is 0 Å². The van der Waals surface area contributed by atoms with E-state index in [1.54, 1.807) is 6.07 Å². The summed E-state index contributed by atoms with van der Waals surface area (Å²) in [6, 6.07) is 1.71. The van der Waals surface area contributed by atoms with Crippen molar-refractivity contribution < 1.29 is 8.42 Å². The first-order chi connectivity index (χ1) is 7.90. The van der Waals surface area contributed by atoms with Crippen LogP contribution in [0.5, 0.6) is 0 Å². The molecule has 1 unspecified atom stereocenters. The fourth-order valence-corrected chi connectivity index (χ4v) is 5.77. The molecule has 2 rings (SSSR count). The van der Waals surface area contributed by atoms with Crippen molar-refractivity contribution in [3.8, 4) is 0 Å². The third-order valence-electron chi connectivity index (χ3n) is 3.33. The Kier molecular flexibility index (Phi) is 3.97. The lowest BCUT2D eigenvalue weighted by Crippen LogP contribution is -2.40. The lowest BCUT2D eigenvalue weighted by atomic mass is 9.81. The molecule has 17 heavy (non-hydrogen) atoms. The summed E-state index contributed by atoms with van der Waals surface area (Å²) in [6.45, 7) is 3.79. The number of aryl methyl sites for hydroxylation is 1. The van der Waals surface area contributed by atoms with E-state index >= 15 is 0 Å². The van der Waals surface area contributed by atoms with Crippen LogP contribution in [0.15, 0.2) is 14.7 Å². The fraction of sp³-hybridized carbons (Fsp3) is 0.636. The normalized spacial score (nSPS) is 19.0. The first kappa shape index (κ1) is 13.5. The molecule has 1 fully saturated rings. The Labute approximate surface area is 115 Å². The lowest BCUT2D eigenvalue weighted by Gasteiger charge is -2.31. The van der Waals surface area contributed by atoms with Crippen molar-refractivity contribution >= 4 is 37.3 Å². The van der Waals surface area contributed by atoms with E-state index in [1.165, 1.54) is 17.8 Å². The van der Waals surface area contributed by atoms with Crippen LogP contribution in [-0.4, -0.2) is 14.5 Å². The molecule has 1 atom stereocenters. The van der Waals surface area contributed by atoms with E-state index in [2.05, 4.69) is 20.7 Å². The molecule has 0 bridgehead atoms. The second-order valence-corrected chi connectivity index (χ2v) is 8.89. The zero-order valence-corrected chi connectivity index (χ0v) is 13.1. The monoisotopic (exact) mass is 337 g/mol. The second kappa shape index (κ2) is 4.99. The van der Waals surface area contributed by atoms with Crippen LogP contribution in [-0.2, 0) is 10.0 Å². The maximum absolute atomic E-state index is 12.2. The van der Waals surface area contributed by atoms with Crippen LogP contribution < -0.4 is 4.72 Å². The highest BCUT2D eigenvalue weighted by atomic mass is 79.9. The van der Waals surface area contributed by atoms with E-state index in [9.17, 15) is 8.42 Å². The highest BCUT2D eigenvalue weighted by molar-refractivity contribution is 9.11. The summed E-state index contributed by atoms with van der Waals surface area (Å²) in [4.78, 5) is 1.23. The van der Waals surface area contributed by atoms with Gasteiger partial charge >= 0.3 is 0 Å². The number of hydrogen-bond donors (Lipinski definition) is 1. The molecule has 0 aromatic carbocycles. The predicted octanol–water partition coefficient (Wildman–Crippen LogP) is 3.29. The molecular formula is C11H16BrNO2S2. The second-order valence-electron chi connectivity index (χ2n) is 4.57. The maximum atomic E-state index is 12.2. The first-order valence-electron chi connectivity index (χ1n) is 5.68. The summed E-state index contributed by atoms with van der Waals surface area (Å²) in [6.07, 6.45) is 3.49. The number of hydrogen-bond acceptors (Lipinski definition) is 3. The SMILES string of the molecule is Cc1sc(Br)cc1S(=O)(=O)NC(C)C1CCC1. The fourth-order valence-electron chi connectivity index (χ4n) is 2.04. The summed E-state index contributed by atoms with van der Waals surface area (Å²) in [5.41, 5.74) is 0. The number of halogens is 1.